The highest BCUT2D eigenvalue weighted by molar-refractivity contribution is 5.36. The Morgan fingerprint density at radius 1 is 1.44 bits per heavy atom. The third-order valence-electron chi connectivity index (χ3n) is 3.30. The lowest BCUT2D eigenvalue weighted by molar-refractivity contribution is 0.185. The fraction of sp³-hybridized carbons (Fsp3) is 0.571. The maximum Gasteiger partial charge on any atom is 0.0515 e. The zero-order chi connectivity index (χ0) is 11.4. The van der Waals surface area contributed by atoms with Gasteiger partial charge in [-0.3, -0.25) is 0 Å². The molecule has 88 valence electrons. The number of hydrogen-bond donors (Lipinski definition) is 2. The number of aliphatic hydroxyl groups excluding tert-OH is 1. The van der Waals surface area contributed by atoms with Crippen LogP contribution in [-0.4, -0.2) is 17.8 Å². The average molecular weight is 219 g/mol. The fourth-order valence-electron chi connectivity index (χ4n) is 2.39. The van der Waals surface area contributed by atoms with Crippen LogP contribution in [0.15, 0.2) is 18.2 Å². The van der Waals surface area contributed by atoms with Crippen molar-refractivity contribution in [3.05, 3.63) is 34.9 Å². The predicted octanol–water partition coefficient (Wildman–Crippen LogP) is 2.04. The van der Waals surface area contributed by atoms with Crippen molar-refractivity contribution in [2.75, 3.05) is 6.54 Å². The molecular formula is C14H21NO. The van der Waals surface area contributed by atoms with Crippen LogP contribution in [0.3, 0.4) is 0 Å². The molecular weight excluding hydrogens is 198 g/mol. The van der Waals surface area contributed by atoms with Gasteiger partial charge in [0.1, 0.15) is 0 Å². The van der Waals surface area contributed by atoms with Gasteiger partial charge in [0.25, 0.3) is 0 Å². The molecule has 1 aromatic rings. The largest absolute Gasteiger partial charge is 0.393 e. The van der Waals surface area contributed by atoms with Gasteiger partial charge in [-0.05, 0) is 55.8 Å². The van der Waals surface area contributed by atoms with Crippen LogP contribution in [0.5, 0.6) is 0 Å². The summed E-state index contributed by atoms with van der Waals surface area (Å²) in [5, 5.41) is 12.8. The van der Waals surface area contributed by atoms with Crippen LogP contribution >= 0.6 is 0 Å². The Hall–Kier alpha value is -0.860. The van der Waals surface area contributed by atoms with Gasteiger partial charge in [0, 0.05) is 6.54 Å². The molecule has 0 bridgehead atoms. The zero-order valence-corrected chi connectivity index (χ0v) is 10.00. The van der Waals surface area contributed by atoms with Crippen LogP contribution in [0.1, 0.15) is 36.5 Å². The van der Waals surface area contributed by atoms with Gasteiger partial charge in [-0.25, -0.2) is 0 Å². The van der Waals surface area contributed by atoms with Crippen molar-refractivity contribution in [2.45, 2.75) is 45.3 Å². The highest BCUT2D eigenvalue weighted by Crippen LogP contribution is 2.20. The summed E-state index contributed by atoms with van der Waals surface area (Å²) in [4.78, 5) is 0. The SMILES string of the molecule is CC(O)CCc1cccc2c1CCCNC2. The maximum absolute atomic E-state index is 9.36. The van der Waals surface area contributed by atoms with Crippen LogP contribution in [-0.2, 0) is 19.4 Å². The molecule has 2 heteroatoms. The number of benzene rings is 1. The Kier molecular flexibility index (Phi) is 3.97. The molecule has 1 heterocycles. The number of aliphatic hydroxyl groups is 1. The number of aryl methyl sites for hydroxylation is 1. The minimum atomic E-state index is -0.195. The van der Waals surface area contributed by atoms with E-state index in [4.69, 9.17) is 0 Å². The first-order chi connectivity index (χ1) is 7.77. The smallest absolute Gasteiger partial charge is 0.0515 e. The van der Waals surface area contributed by atoms with E-state index in [0.717, 1.165) is 25.9 Å². The first kappa shape index (κ1) is 11.6. The first-order valence-corrected chi connectivity index (χ1v) is 6.26. The van der Waals surface area contributed by atoms with E-state index in [2.05, 4.69) is 23.5 Å². The molecule has 1 aliphatic heterocycles. The van der Waals surface area contributed by atoms with Crippen molar-refractivity contribution in [3.63, 3.8) is 0 Å². The van der Waals surface area contributed by atoms with Crippen molar-refractivity contribution in [3.8, 4) is 0 Å². The fourth-order valence-corrected chi connectivity index (χ4v) is 2.39. The second-order valence-electron chi connectivity index (χ2n) is 4.72. The van der Waals surface area contributed by atoms with Crippen molar-refractivity contribution in [1.82, 2.24) is 5.32 Å². The standard InChI is InChI=1S/C14H21NO/c1-11(16)7-8-12-4-2-5-13-10-15-9-3-6-14(12)13/h2,4-5,11,15-16H,3,6-10H2,1H3. The van der Waals surface area contributed by atoms with Crippen molar-refractivity contribution >= 4 is 0 Å². The molecule has 1 aliphatic rings. The third kappa shape index (κ3) is 2.83. The molecule has 0 saturated heterocycles. The van der Waals surface area contributed by atoms with Crippen molar-refractivity contribution < 1.29 is 5.11 Å². The van der Waals surface area contributed by atoms with Gasteiger partial charge in [-0.1, -0.05) is 18.2 Å². The monoisotopic (exact) mass is 219 g/mol. The summed E-state index contributed by atoms with van der Waals surface area (Å²) in [6, 6.07) is 6.58. The van der Waals surface area contributed by atoms with Gasteiger partial charge in [-0.15, -0.1) is 0 Å². The van der Waals surface area contributed by atoms with E-state index in [9.17, 15) is 5.11 Å². The molecule has 1 aromatic carbocycles. The molecule has 0 amide bonds. The Morgan fingerprint density at radius 3 is 3.12 bits per heavy atom. The topological polar surface area (TPSA) is 32.3 Å². The van der Waals surface area contributed by atoms with E-state index < -0.39 is 0 Å². The summed E-state index contributed by atoms with van der Waals surface area (Å²) in [6.45, 7) is 3.98. The summed E-state index contributed by atoms with van der Waals surface area (Å²) in [7, 11) is 0. The van der Waals surface area contributed by atoms with Crippen LogP contribution in [0.2, 0.25) is 0 Å². The number of fused-ring (bicyclic) bond motifs is 1. The van der Waals surface area contributed by atoms with E-state index in [1.54, 1.807) is 0 Å². The van der Waals surface area contributed by atoms with Gasteiger partial charge in [0.15, 0.2) is 0 Å². The zero-order valence-electron chi connectivity index (χ0n) is 10.00. The predicted molar refractivity (Wildman–Crippen MR) is 66.5 cm³/mol. The number of hydrogen-bond acceptors (Lipinski definition) is 2. The Bertz CT molecular complexity index is 347. The lowest BCUT2D eigenvalue weighted by atomic mass is 9.94. The second-order valence-corrected chi connectivity index (χ2v) is 4.72. The molecule has 0 aromatic heterocycles. The van der Waals surface area contributed by atoms with Crippen LogP contribution < -0.4 is 5.32 Å². The summed E-state index contributed by atoms with van der Waals surface area (Å²) in [5.41, 5.74) is 4.40. The quantitative estimate of drug-likeness (QED) is 0.815. The Labute approximate surface area is 97.7 Å². The molecule has 16 heavy (non-hydrogen) atoms. The van der Waals surface area contributed by atoms with Gasteiger partial charge in [0.2, 0.25) is 0 Å². The molecule has 0 fully saturated rings. The van der Waals surface area contributed by atoms with Gasteiger partial charge >= 0.3 is 0 Å². The second kappa shape index (κ2) is 5.46. The summed E-state index contributed by atoms with van der Waals surface area (Å²) in [6.07, 6.45) is 4.07. The minimum absolute atomic E-state index is 0.195. The van der Waals surface area contributed by atoms with Crippen molar-refractivity contribution in [1.29, 1.82) is 0 Å². The third-order valence-corrected chi connectivity index (χ3v) is 3.30. The molecule has 0 radical (unpaired) electrons. The molecule has 2 N–H and O–H groups in total. The van der Waals surface area contributed by atoms with Crippen LogP contribution in [0.25, 0.3) is 0 Å². The van der Waals surface area contributed by atoms with E-state index in [0.29, 0.717) is 0 Å². The Balaban J connectivity index is 2.17. The molecule has 0 aliphatic carbocycles. The minimum Gasteiger partial charge on any atom is -0.393 e. The molecule has 0 saturated carbocycles. The van der Waals surface area contributed by atoms with E-state index >= 15 is 0 Å². The van der Waals surface area contributed by atoms with E-state index in [-0.39, 0.29) is 6.10 Å². The van der Waals surface area contributed by atoms with Gasteiger partial charge < -0.3 is 10.4 Å². The summed E-state index contributed by atoms with van der Waals surface area (Å²) in [5.74, 6) is 0. The highest BCUT2D eigenvalue weighted by atomic mass is 16.3. The highest BCUT2D eigenvalue weighted by Gasteiger charge is 2.11. The molecule has 2 rings (SSSR count). The van der Waals surface area contributed by atoms with Crippen LogP contribution in [0.4, 0.5) is 0 Å². The lowest BCUT2D eigenvalue weighted by Crippen LogP contribution is -2.12. The molecule has 1 unspecified atom stereocenters. The lowest BCUT2D eigenvalue weighted by Gasteiger charge is -2.12. The Morgan fingerprint density at radius 2 is 2.31 bits per heavy atom. The van der Waals surface area contributed by atoms with Crippen LogP contribution in [0, 0.1) is 0 Å². The molecule has 1 atom stereocenters. The normalized spacial score (nSPS) is 17.6. The van der Waals surface area contributed by atoms with Gasteiger partial charge in [0.05, 0.1) is 6.10 Å². The van der Waals surface area contributed by atoms with Crippen molar-refractivity contribution in [2.24, 2.45) is 0 Å². The summed E-state index contributed by atoms with van der Waals surface area (Å²) >= 11 is 0. The molecule has 2 nitrogen and oxygen atoms in total. The molecule has 0 spiro atoms. The van der Waals surface area contributed by atoms with E-state index in [1.807, 2.05) is 6.92 Å². The summed E-state index contributed by atoms with van der Waals surface area (Å²) < 4.78 is 0. The first-order valence-electron chi connectivity index (χ1n) is 6.26. The number of rotatable bonds is 3. The maximum atomic E-state index is 9.36. The average Bonchev–Trinajstić information content (AvgIpc) is 2.51. The number of nitrogens with one attached hydrogen (secondary N) is 1. The van der Waals surface area contributed by atoms with E-state index in [1.165, 1.54) is 29.5 Å². The van der Waals surface area contributed by atoms with Gasteiger partial charge in [-0.2, -0.15) is 0 Å².